The Hall–Kier alpha value is -1.18. The summed E-state index contributed by atoms with van der Waals surface area (Å²) in [5.74, 6) is 0. The summed E-state index contributed by atoms with van der Waals surface area (Å²) in [5, 5.41) is 3.03. The van der Waals surface area contributed by atoms with E-state index >= 15 is 0 Å². The molecule has 0 saturated heterocycles. The Morgan fingerprint density at radius 1 is 0.562 bits per heavy atom. The predicted octanol–water partition coefficient (Wildman–Crippen LogP) is 0.00862. The number of halogens is 2. The van der Waals surface area contributed by atoms with E-state index in [1.165, 1.54) is 43.8 Å². The van der Waals surface area contributed by atoms with Gasteiger partial charge >= 0.3 is 99.8 Å². The summed E-state index contributed by atoms with van der Waals surface area (Å²) in [7, 11) is 0. The van der Waals surface area contributed by atoms with Crippen LogP contribution in [0.1, 0.15) is 33.4 Å². The van der Waals surface area contributed by atoms with Gasteiger partial charge in [0.25, 0.3) is 0 Å². The number of rotatable bonds is 2. The summed E-state index contributed by atoms with van der Waals surface area (Å²) in [5.41, 5.74) is 7.92. The summed E-state index contributed by atoms with van der Waals surface area (Å²) in [6.07, 6.45) is 0. The SMILES string of the molecule is Cc1cc(C)c(C)[cH-]1.Cc1cc(C)c(C)[cH-]1.[Cl-].[Cl-].[Zr+2]=[Si](c1ccccc1)c1ccccc1. The first kappa shape index (κ1) is 30.8. The molecule has 0 aromatic heterocycles. The molecule has 0 fully saturated rings. The molecule has 0 aliphatic carbocycles. The average molecular weight is 559 g/mol. The zero-order valence-corrected chi connectivity index (χ0v) is 24.8. The quantitative estimate of drug-likeness (QED) is 0.240. The fraction of sp³-hybridized carbons (Fsp3) is 0.214. The van der Waals surface area contributed by atoms with Gasteiger partial charge in [-0.1, -0.05) is 41.5 Å². The molecule has 0 nitrogen and oxygen atoms in total. The van der Waals surface area contributed by atoms with Crippen LogP contribution in [0.5, 0.6) is 0 Å². The van der Waals surface area contributed by atoms with Crippen LogP contribution < -0.4 is 35.2 Å². The molecule has 0 aliphatic heterocycles. The van der Waals surface area contributed by atoms with E-state index in [4.69, 9.17) is 0 Å². The molecule has 4 rings (SSSR count). The molecular weight excluding hydrogens is 527 g/mol. The first-order chi connectivity index (χ1) is 14.3. The summed E-state index contributed by atoms with van der Waals surface area (Å²) in [6.45, 7) is 12.8. The topological polar surface area (TPSA) is 0 Å². The standard InChI is InChI=1S/C12H10Si.2C8H11.2ClH.Zr/c1-3-7-11(8-4-1)13-12-9-5-2-6-10-12;2*1-6-4-7(2)8(3)5-6;;;/h1-10H;2*4-5H,1-3H3;2*1H;/q;2*-1;;;+2/p-2. The summed E-state index contributed by atoms with van der Waals surface area (Å²) in [6, 6.07) is 30.5. The van der Waals surface area contributed by atoms with Crippen LogP contribution >= 0.6 is 0 Å². The normalized spacial score (nSPS) is 9.25. The maximum absolute atomic E-state index is 2.25. The molecule has 168 valence electrons. The molecule has 0 spiro atoms. The van der Waals surface area contributed by atoms with E-state index in [0.29, 0.717) is 0 Å². The van der Waals surface area contributed by atoms with Gasteiger partial charge in [-0.3, -0.25) is 0 Å². The second-order valence-corrected chi connectivity index (χ2v) is 13.5. The Morgan fingerprint density at radius 3 is 1.06 bits per heavy atom. The van der Waals surface area contributed by atoms with Crippen LogP contribution in [0.3, 0.4) is 0 Å². The van der Waals surface area contributed by atoms with Crippen molar-refractivity contribution in [3.63, 3.8) is 0 Å². The third-order valence-electron chi connectivity index (χ3n) is 5.15. The monoisotopic (exact) mass is 556 g/mol. The van der Waals surface area contributed by atoms with Crippen LogP contribution in [0.15, 0.2) is 84.9 Å². The fourth-order valence-corrected chi connectivity index (χ4v) is 7.12. The van der Waals surface area contributed by atoms with Crippen molar-refractivity contribution >= 4 is 15.8 Å². The van der Waals surface area contributed by atoms with Gasteiger partial charge in [-0.05, 0) is 0 Å². The number of hydrogen-bond donors (Lipinski definition) is 0. The van der Waals surface area contributed by atoms with E-state index in [-0.39, 0.29) is 24.8 Å². The van der Waals surface area contributed by atoms with Crippen LogP contribution in [-0.2, 0) is 23.3 Å². The van der Waals surface area contributed by atoms with Gasteiger partial charge in [0.05, 0.1) is 0 Å². The zero-order valence-electron chi connectivity index (χ0n) is 19.8. The molecule has 0 unspecified atom stereocenters. The molecule has 0 bridgehead atoms. The fourth-order valence-electron chi connectivity index (χ4n) is 3.28. The molecule has 0 amide bonds. The number of aryl methyl sites for hydroxylation is 6. The minimum atomic E-state index is -0.455. The van der Waals surface area contributed by atoms with Crippen molar-refractivity contribution in [1.29, 1.82) is 0 Å². The molecule has 4 heteroatoms. The van der Waals surface area contributed by atoms with Crippen LogP contribution in [0.2, 0.25) is 0 Å². The number of hydrogen-bond acceptors (Lipinski definition) is 0. The summed E-state index contributed by atoms with van der Waals surface area (Å²) < 4.78 is 0. The second kappa shape index (κ2) is 15.6. The van der Waals surface area contributed by atoms with Gasteiger partial charge in [0.2, 0.25) is 0 Å². The number of benzene rings is 2. The zero-order chi connectivity index (χ0) is 22.1. The molecule has 4 aromatic carbocycles. The van der Waals surface area contributed by atoms with E-state index < -0.39 is 5.43 Å². The predicted molar refractivity (Wildman–Crippen MR) is 130 cm³/mol. The van der Waals surface area contributed by atoms with Gasteiger partial charge < -0.3 is 24.8 Å². The Labute approximate surface area is 222 Å². The van der Waals surface area contributed by atoms with E-state index in [0.717, 1.165) is 0 Å². The Kier molecular flexibility index (Phi) is 15.0. The second-order valence-electron chi connectivity index (χ2n) is 7.90. The van der Waals surface area contributed by atoms with Crippen molar-refractivity contribution in [2.75, 3.05) is 0 Å². The molecule has 0 N–H and O–H groups in total. The van der Waals surface area contributed by atoms with Crippen molar-refractivity contribution in [1.82, 2.24) is 0 Å². The van der Waals surface area contributed by atoms with E-state index in [1.807, 2.05) is 0 Å². The third-order valence-corrected chi connectivity index (χ3v) is 11.2. The van der Waals surface area contributed by atoms with Crippen molar-refractivity contribution in [2.45, 2.75) is 41.5 Å². The van der Waals surface area contributed by atoms with E-state index in [2.05, 4.69) is 126 Å². The average Bonchev–Trinajstić information content (AvgIpc) is 3.20. The molecule has 0 radical (unpaired) electrons. The van der Waals surface area contributed by atoms with Crippen LogP contribution in [0.25, 0.3) is 0 Å². The van der Waals surface area contributed by atoms with Crippen LogP contribution in [-0.4, -0.2) is 5.43 Å². The van der Waals surface area contributed by atoms with Gasteiger partial charge in [0, 0.05) is 0 Å². The minimum absolute atomic E-state index is 0. The van der Waals surface area contributed by atoms with Crippen molar-refractivity contribution in [2.24, 2.45) is 0 Å². The van der Waals surface area contributed by atoms with E-state index in [9.17, 15) is 0 Å². The first-order valence-corrected chi connectivity index (χ1v) is 15.6. The summed E-state index contributed by atoms with van der Waals surface area (Å²) in [4.78, 5) is 0. The van der Waals surface area contributed by atoms with Gasteiger partial charge in [-0.15, -0.1) is 0 Å². The van der Waals surface area contributed by atoms with Crippen molar-refractivity contribution in [3.05, 3.63) is 118 Å². The summed E-state index contributed by atoms with van der Waals surface area (Å²) >= 11 is 1.64. The van der Waals surface area contributed by atoms with Crippen LogP contribution in [0.4, 0.5) is 0 Å². The Morgan fingerprint density at radius 2 is 0.875 bits per heavy atom. The molecule has 0 heterocycles. The maximum atomic E-state index is 2.25. The molecule has 0 atom stereocenters. The van der Waals surface area contributed by atoms with Crippen LogP contribution in [0, 0.1) is 41.5 Å². The van der Waals surface area contributed by atoms with E-state index in [1.54, 1.807) is 23.3 Å². The molecule has 0 aliphatic rings. The van der Waals surface area contributed by atoms with Crippen molar-refractivity contribution < 1.29 is 48.1 Å². The first-order valence-electron chi connectivity index (χ1n) is 10.4. The van der Waals surface area contributed by atoms with Gasteiger partial charge in [0.1, 0.15) is 0 Å². The van der Waals surface area contributed by atoms with Gasteiger partial charge in [-0.2, -0.15) is 45.5 Å². The Balaban J connectivity index is 0.000000465. The van der Waals surface area contributed by atoms with Gasteiger partial charge in [0.15, 0.2) is 0 Å². The van der Waals surface area contributed by atoms with Crippen molar-refractivity contribution in [3.8, 4) is 0 Å². The molecule has 0 saturated carbocycles. The molecular formula is C28H32Cl2SiZr-2. The Bertz CT molecular complexity index is 939. The molecule has 4 aromatic rings. The third kappa shape index (κ3) is 10.2. The molecule has 32 heavy (non-hydrogen) atoms. The van der Waals surface area contributed by atoms with Gasteiger partial charge in [-0.25, -0.2) is 12.1 Å².